The molecular weight excluding hydrogens is 276 g/mol. The van der Waals surface area contributed by atoms with Crippen LogP contribution in [-0.2, 0) is 11.3 Å². The lowest BCUT2D eigenvalue weighted by Crippen LogP contribution is -2.49. The third-order valence-electron chi connectivity index (χ3n) is 3.60. The highest BCUT2D eigenvalue weighted by Gasteiger charge is 2.23. The summed E-state index contributed by atoms with van der Waals surface area (Å²) in [5.41, 5.74) is 1.13. The summed E-state index contributed by atoms with van der Waals surface area (Å²) in [6.07, 6.45) is 0. The van der Waals surface area contributed by atoms with Crippen molar-refractivity contribution in [2.75, 3.05) is 40.0 Å². The molecule has 1 unspecified atom stereocenters. The number of halogens is 1. The molecule has 1 heterocycles. The third-order valence-corrected chi connectivity index (χ3v) is 3.83. The van der Waals surface area contributed by atoms with Gasteiger partial charge in [-0.25, -0.2) is 0 Å². The van der Waals surface area contributed by atoms with Gasteiger partial charge in [-0.2, -0.15) is 0 Å². The Kier molecular flexibility index (Phi) is 6.10. The van der Waals surface area contributed by atoms with Crippen molar-refractivity contribution in [3.63, 3.8) is 0 Å². The SMILES string of the molecule is CCNCC1COCCN1Cc1cc(Cl)ccc1OC. The van der Waals surface area contributed by atoms with Crippen molar-refractivity contribution in [3.8, 4) is 5.75 Å². The minimum Gasteiger partial charge on any atom is -0.496 e. The third kappa shape index (κ3) is 4.09. The summed E-state index contributed by atoms with van der Waals surface area (Å²) in [6, 6.07) is 6.17. The number of morpholine rings is 1. The summed E-state index contributed by atoms with van der Waals surface area (Å²) < 4.78 is 11.0. The average Bonchev–Trinajstić information content (AvgIpc) is 2.47. The second-order valence-corrected chi connectivity index (χ2v) is 5.40. The van der Waals surface area contributed by atoms with Gasteiger partial charge in [0.25, 0.3) is 0 Å². The fourth-order valence-electron chi connectivity index (χ4n) is 2.49. The molecule has 5 heteroatoms. The van der Waals surface area contributed by atoms with Crippen molar-refractivity contribution in [2.24, 2.45) is 0 Å². The van der Waals surface area contributed by atoms with Crippen LogP contribution in [0.15, 0.2) is 18.2 Å². The number of nitrogens with zero attached hydrogens (tertiary/aromatic N) is 1. The molecule has 0 radical (unpaired) electrons. The normalized spacial score (nSPS) is 20.1. The quantitative estimate of drug-likeness (QED) is 0.873. The molecule has 1 aliphatic rings. The zero-order valence-electron chi connectivity index (χ0n) is 12.2. The van der Waals surface area contributed by atoms with E-state index in [1.165, 1.54) is 0 Å². The van der Waals surface area contributed by atoms with Gasteiger partial charge >= 0.3 is 0 Å². The molecule has 1 N–H and O–H groups in total. The fraction of sp³-hybridized carbons (Fsp3) is 0.600. The van der Waals surface area contributed by atoms with E-state index in [0.29, 0.717) is 6.04 Å². The van der Waals surface area contributed by atoms with Crippen LogP contribution in [0.4, 0.5) is 0 Å². The van der Waals surface area contributed by atoms with Crippen LogP contribution in [0.2, 0.25) is 5.02 Å². The molecule has 1 saturated heterocycles. The molecule has 112 valence electrons. The van der Waals surface area contributed by atoms with Gasteiger partial charge in [0.15, 0.2) is 0 Å². The minimum atomic E-state index is 0.396. The standard InChI is InChI=1S/C15H23ClN2O2/c1-3-17-9-14-11-20-7-6-18(14)10-12-8-13(16)4-5-15(12)19-2/h4-5,8,14,17H,3,6-7,9-11H2,1-2H3. The van der Waals surface area contributed by atoms with Gasteiger partial charge in [-0.15, -0.1) is 0 Å². The van der Waals surface area contributed by atoms with E-state index in [1.54, 1.807) is 7.11 Å². The summed E-state index contributed by atoms with van der Waals surface area (Å²) in [5, 5.41) is 4.14. The molecule has 1 aromatic rings. The van der Waals surface area contributed by atoms with Crippen molar-refractivity contribution < 1.29 is 9.47 Å². The van der Waals surface area contributed by atoms with Gasteiger partial charge in [-0.1, -0.05) is 18.5 Å². The molecule has 2 rings (SSSR count). The van der Waals surface area contributed by atoms with Crippen molar-refractivity contribution in [2.45, 2.75) is 19.5 Å². The van der Waals surface area contributed by atoms with Crippen LogP contribution in [-0.4, -0.2) is 50.9 Å². The van der Waals surface area contributed by atoms with E-state index in [9.17, 15) is 0 Å². The molecule has 1 fully saturated rings. The first-order chi connectivity index (χ1) is 9.74. The van der Waals surface area contributed by atoms with E-state index >= 15 is 0 Å². The number of likely N-dealkylation sites (N-methyl/N-ethyl adjacent to an activating group) is 1. The molecule has 0 saturated carbocycles. The highest BCUT2D eigenvalue weighted by atomic mass is 35.5. The first-order valence-corrected chi connectivity index (χ1v) is 7.47. The molecular formula is C15H23ClN2O2. The maximum atomic E-state index is 6.10. The molecule has 1 aliphatic heterocycles. The first kappa shape index (κ1) is 15.6. The highest BCUT2D eigenvalue weighted by Crippen LogP contribution is 2.25. The maximum Gasteiger partial charge on any atom is 0.123 e. The Labute approximate surface area is 126 Å². The Hall–Kier alpha value is -0.810. The van der Waals surface area contributed by atoms with Crippen LogP contribution in [0, 0.1) is 0 Å². The van der Waals surface area contributed by atoms with E-state index < -0.39 is 0 Å². The Bertz CT molecular complexity index is 428. The summed E-state index contributed by atoms with van der Waals surface area (Å²) in [6.45, 7) is 7.37. The lowest BCUT2D eigenvalue weighted by molar-refractivity contribution is -0.0110. The van der Waals surface area contributed by atoms with Crippen LogP contribution >= 0.6 is 11.6 Å². The first-order valence-electron chi connectivity index (χ1n) is 7.09. The molecule has 0 aromatic heterocycles. The highest BCUT2D eigenvalue weighted by molar-refractivity contribution is 6.30. The Morgan fingerprint density at radius 1 is 1.50 bits per heavy atom. The van der Waals surface area contributed by atoms with Gasteiger partial charge in [0.1, 0.15) is 5.75 Å². The maximum absolute atomic E-state index is 6.10. The van der Waals surface area contributed by atoms with Crippen LogP contribution in [0.25, 0.3) is 0 Å². The van der Waals surface area contributed by atoms with Crippen molar-refractivity contribution in [1.82, 2.24) is 10.2 Å². The van der Waals surface area contributed by atoms with Gasteiger partial charge in [-0.3, -0.25) is 4.90 Å². The van der Waals surface area contributed by atoms with Crippen LogP contribution in [0.3, 0.4) is 0 Å². The second kappa shape index (κ2) is 7.84. The predicted molar refractivity (Wildman–Crippen MR) is 81.6 cm³/mol. The molecule has 20 heavy (non-hydrogen) atoms. The van der Waals surface area contributed by atoms with Gasteiger partial charge in [0.2, 0.25) is 0 Å². The molecule has 1 aromatic carbocycles. The largest absolute Gasteiger partial charge is 0.496 e. The van der Waals surface area contributed by atoms with Crippen molar-refractivity contribution >= 4 is 11.6 Å². The number of nitrogens with one attached hydrogen (secondary N) is 1. The van der Waals surface area contributed by atoms with Gasteiger partial charge in [0, 0.05) is 36.3 Å². The van der Waals surface area contributed by atoms with E-state index in [4.69, 9.17) is 21.1 Å². The van der Waals surface area contributed by atoms with E-state index in [2.05, 4.69) is 17.1 Å². The average molecular weight is 299 g/mol. The number of benzene rings is 1. The smallest absolute Gasteiger partial charge is 0.123 e. The zero-order chi connectivity index (χ0) is 14.4. The van der Waals surface area contributed by atoms with Crippen molar-refractivity contribution in [3.05, 3.63) is 28.8 Å². The number of rotatable bonds is 6. The summed E-state index contributed by atoms with van der Waals surface area (Å²) >= 11 is 6.10. The molecule has 0 bridgehead atoms. The Balaban J connectivity index is 2.07. The summed E-state index contributed by atoms with van der Waals surface area (Å²) in [4.78, 5) is 2.43. The molecule has 0 aliphatic carbocycles. The Morgan fingerprint density at radius 3 is 3.10 bits per heavy atom. The van der Waals surface area contributed by atoms with Crippen LogP contribution < -0.4 is 10.1 Å². The Morgan fingerprint density at radius 2 is 2.35 bits per heavy atom. The van der Waals surface area contributed by atoms with E-state index in [1.807, 2.05) is 18.2 Å². The molecule has 4 nitrogen and oxygen atoms in total. The molecule has 0 amide bonds. The molecule has 1 atom stereocenters. The van der Waals surface area contributed by atoms with E-state index in [0.717, 1.165) is 55.7 Å². The number of methoxy groups -OCH3 is 1. The van der Waals surface area contributed by atoms with Gasteiger partial charge < -0.3 is 14.8 Å². The second-order valence-electron chi connectivity index (χ2n) is 4.96. The summed E-state index contributed by atoms with van der Waals surface area (Å²) in [5.74, 6) is 0.892. The predicted octanol–water partition coefficient (Wildman–Crippen LogP) is 2.16. The topological polar surface area (TPSA) is 33.7 Å². The minimum absolute atomic E-state index is 0.396. The lowest BCUT2D eigenvalue weighted by Gasteiger charge is -2.36. The lowest BCUT2D eigenvalue weighted by atomic mass is 10.1. The number of hydrogen-bond acceptors (Lipinski definition) is 4. The zero-order valence-corrected chi connectivity index (χ0v) is 12.9. The summed E-state index contributed by atoms with van der Waals surface area (Å²) in [7, 11) is 1.70. The van der Waals surface area contributed by atoms with Crippen LogP contribution in [0.1, 0.15) is 12.5 Å². The molecule has 0 spiro atoms. The van der Waals surface area contributed by atoms with Crippen LogP contribution in [0.5, 0.6) is 5.75 Å². The number of hydrogen-bond donors (Lipinski definition) is 1. The van der Waals surface area contributed by atoms with Crippen molar-refractivity contribution in [1.29, 1.82) is 0 Å². The van der Waals surface area contributed by atoms with E-state index in [-0.39, 0.29) is 0 Å². The monoisotopic (exact) mass is 298 g/mol. The van der Waals surface area contributed by atoms with Gasteiger partial charge in [0.05, 0.1) is 20.3 Å². The number of ether oxygens (including phenoxy) is 2. The van der Waals surface area contributed by atoms with Gasteiger partial charge in [-0.05, 0) is 24.7 Å². The fourth-order valence-corrected chi connectivity index (χ4v) is 2.68.